The van der Waals surface area contributed by atoms with Crippen LogP contribution in [0.2, 0.25) is 0 Å². The van der Waals surface area contributed by atoms with Crippen LogP contribution >= 0.6 is 11.3 Å². The maximum absolute atomic E-state index is 5.01. The molecule has 0 saturated carbocycles. The number of hydrogen-bond donors (Lipinski definition) is 1. The molecule has 2 heterocycles. The highest BCUT2D eigenvalue weighted by molar-refractivity contribution is 7.17. The van der Waals surface area contributed by atoms with Crippen molar-refractivity contribution in [1.82, 2.24) is 15.1 Å². The van der Waals surface area contributed by atoms with Gasteiger partial charge >= 0.3 is 0 Å². The second-order valence-corrected chi connectivity index (χ2v) is 5.84. The van der Waals surface area contributed by atoms with Gasteiger partial charge in [0.15, 0.2) is 0 Å². The molecule has 1 aromatic carbocycles. The number of nitrogens with one attached hydrogen (secondary N) is 1. The average molecular weight is 301 g/mol. The van der Waals surface area contributed by atoms with Crippen molar-refractivity contribution in [3.05, 3.63) is 53.2 Å². The molecule has 2 aromatic heterocycles. The largest absolute Gasteiger partial charge is 0.383 e. The number of ether oxygens (including phenoxy) is 1. The summed E-state index contributed by atoms with van der Waals surface area (Å²) in [5.74, 6) is 0. The SMILES string of the molecule is COCCNCc1ccn(Cc2csc3ccccc23)n1. The topological polar surface area (TPSA) is 39.1 Å². The molecular formula is C16H19N3OS. The van der Waals surface area contributed by atoms with E-state index in [1.54, 1.807) is 18.4 Å². The molecule has 0 spiro atoms. The minimum Gasteiger partial charge on any atom is -0.383 e. The summed E-state index contributed by atoms with van der Waals surface area (Å²) in [7, 11) is 1.71. The summed E-state index contributed by atoms with van der Waals surface area (Å²) in [5.41, 5.74) is 2.39. The first-order valence-electron chi connectivity index (χ1n) is 7.04. The van der Waals surface area contributed by atoms with E-state index in [1.807, 2.05) is 10.9 Å². The molecule has 0 atom stereocenters. The number of methoxy groups -OCH3 is 1. The molecule has 0 saturated heterocycles. The van der Waals surface area contributed by atoms with Crippen molar-refractivity contribution in [2.75, 3.05) is 20.3 Å². The van der Waals surface area contributed by atoms with Crippen molar-refractivity contribution in [1.29, 1.82) is 0 Å². The molecule has 3 rings (SSSR count). The third kappa shape index (κ3) is 3.50. The highest BCUT2D eigenvalue weighted by Crippen LogP contribution is 2.26. The fourth-order valence-corrected chi connectivity index (χ4v) is 3.26. The monoisotopic (exact) mass is 301 g/mol. The molecule has 110 valence electrons. The average Bonchev–Trinajstić information content (AvgIpc) is 3.12. The summed E-state index contributed by atoms with van der Waals surface area (Å²) in [6, 6.07) is 10.6. The van der Waals surface area contributed by atoms with Gasteiger partial charge in [-0.05, 0) is 28.5 Å². The Hall–Kier alpha value is -1.69. The Balaban J connectivity index is 1.64. The zero-order valence-corrected chi connectivity index (χ0v) is 12.9. The van der Waals surface area contributed by atoms with E-state index in [0.717, 1.165) is 31.9 Å². The predicted octanol–water partition coefficient (Wildman–Crippen LogP) is 2.88. The Morgan fingerprint density at radius 2 is 2.19 bits per heavy atom. The van der Waals surface area contributed by atoms with Gasteiger partial charge in [-0.2, -0.15) is 5.10 Å². The second-order valence-electron chi connectivity index (χ2n) is 4.93. The van der Waals surface area contributed by atoms with Gasteiger partial charge in [0, 0.05) is 31.1 Å². The van der Waals surface area contributed by atoms with Crippen molar-refractivity contribution in [3.63, 3.8) is 0 Å². The van der Waals surface area contributed by atoms with Gasteiger partial charge in [-0.3, -0.25) is 4.68 Å². The van der Waals surface area contributed by atoms with Crippen molar-refractivity contribution in [2.45, 2.75) is 13.1 Å². The third-order valence-electron chi connectivity index (χ3n) is 3.38. The van der Waals surface area contributed by atoms with Crippen LogP contribution in [0.25, 0.3) is 10.1 Å². The highest BCUT2D eigenvalue weighted by atomic mass is 32.1. The number of thiophene rings is 1. The van der Waals surface area contributed by atoms with Gasteiger partial charge in [0.05, 0.1) is 18.8 Å². The minimum atomic E-state index is 0.724. The number of hydrogen-bond acceptors (Lipinski definition) is 4. The highest BCUT2D eigenvalue weighted by Gasteiger charge is 2.05. The molecule has 4 nitrogen and oxygen atoms in total. The van der Waals surface area contributed by atoms with Crippen molar-refractivity contribution in [2.24, 2.45) is 0 Å². The maximum atomic E-state index is 5.01. The molecule has 0 aliphatic rings. The van der Waals surface area contributed by atoms with Gasteiger partial charge in [-0.1, -0.05) is 18.2 Å². The Bertz CT molecular complexity index is 704. The lowest BCUT2D eigenvalue weighted by molar-refractivity contribution is 0.199. The Morgan fingerprint density at radius 1 is 1.29 bits per heavy atom. The lowest BCUT2D eigenvalue weighted by Crippen LogP contribution is -2.19. The summed E-state index contributed by atoms with van der Waals surface area (Å²) >= 11 is 1.79. The van der Waals surface area contributed by atoms with Crippen LogP contribution in [0.3, 0.4) is 0 Å². The summed E-state index contributed by atoms with van der Waals surface area (Å²) < 4.78 is 8.35. The van der Waals surface area contributed by atoms with Gasteiger partial charge in [0.2, 0.25) is 0 Å². The molecule has 0 aliphatic heterocycles. The summed E-state index contributed by atoms with van der Waals surface area (Å²) in [6.07, 6.45) is 2.04. The van der Waals surface area contributed by atoms with E-state index >= 15 is 0 Å². The van der Waals surface area contributed by atoms with Gasteiger partial charge in [0.1, 0.15) is 0 Å². The van der Waals surface area contributed by atoms with E-state index in [9.17, 15) is 0 Å². The molecular weight excluding hydrogens is 282 g/mol. The van der Waals surface area contributed by atoms with Crippen molar-refractivity contribution < 1.29 is 4.74 Å². The van der Waals surface area contributed by atoms with Gasteiger partial charge in [-0.25, -0.2) is 0 Å². The molecule has 0 fully saturated rings. The van der Waals surface area contributed by atoms with Crippen molar-refractivity contribution in [3.8, 4) is 0 Å². The number of fused-ring (bicyclic) bond motifs is 1. The van der Waals surface area contributed by atoms with Gasteiger partial charge in [-0.15, -0.1) is 11.3 Å². The fraction of sp³-hybridized carbons (Fsp3) is 0.312. The van der Waals surface area contributed by atoms with E-state index in [4.69, 9.17) is 4.74 Å². The molecule has 1 N–H and O–H groups in total. The fourth-order valence-electron chi connectivity index (χ4n) is 2.31. The van der Waals surface area contributed by atoms with Crippen LogP contribution in [0.4, 0.5) is 0 Å². The number of benzene rings is 1. The number of nitrogens with zero attached hydrogens (tertiary/aromatic N) is 2. The van der Waals surface area contributed by atoms with Crippen LogP contribution < -0.4 is 5.32 Å². The van der Waals surface area contributed by atoms with E-state index in [1.165, 1.54) is 15.6 Å². The second kappa shape index (κ2) is 6.85. The van der Waals surface area contributed by atoms with Crippen LogP contribution in [0.5, 0.6) is 0 Å². The van der Waals surface area contributed by atoms with E-state index in [-0.39, 0.29) is 0 Å². The van der Waals surface area contributed by atoms with Crippen LogP contribution in [0.15, 0.2) is 41.9 Å². The number of rotatable bonds is 7. The molecule has 0 aliphatic carbocycles. The first kappa shape index (κ1) is 14.3. The van der Waals surface area contributed by atoms with E-state index in [0.29, 0.717) is 0 Å². The zero-order valence-electron chi connectivity index (χ0n) is 12.1. The van der Waals surface area contributed by atoms with Crippen LogP contribution in [-0.2, 0) is 17.8 Å². The quantitative estimate of drug-likeness (QED) is 0.682. The Labute approximate surface area is 128 Å². The first-order valence-corrected chi connectivity index (χ1v) is 7.92. The molecule has 3 aromatic rings. The Morgan fingerprint density at radius 3 is 3.10 bits per heavy atom. The third-order valence-corrected chi connectivity index (χ3v) is 4.39. The summed E-state index contributed by atoms with van der Waals surface area (Å²) in [5, 5.41) is 11.5. The minimum absolute atomic E-state index is 0.724. The van der Waals surface area contributed by atoms with Crippen LogP contribution in [-0.4, -0.2) is 30.0 Å². The predicted molar refractivity (Wildman–Crippen MR) is 86.7 cm³/mol. The smallest absolute Gasteiger partial charge is 0.0762 e. The van der Waals surface area contributed by atoms with Crippen molar-refractivity contribution >= 4 is 21.4 Å². The van der Waals surface area contributed by atoms with E-state index in [2.05, 4.69) is 46.1 Å². The normalized spacial score (nSPS) is 11.3. The lowest BCUT2D eigenvalue weighted by atomic mass is 10.2. The zero-order chi connectivity index (χ0) is 14.5. The summed E-state index contributed by atoms with van der Waals surface area (Å²) in [4.78, 5) is 0. The number of aromatic nitrogens is 2. The van der Waals surface area contributed by atoms with E-state index < -0.39 is 0 Å². The van der Waals surface area contributed by atoms with Gasteiger partial charge < -0.3 is 10.1 Å². The molecule has 5 heteroatoms. The van der Waals surface area contributed by atoms with Gasteiger partial charge in [0.25, 0.3) is 0 Å². The molecule has 0 radical (unpaired) electrons. The molecule has 0 amide bonds. The maximum Gasteiger partial charge on any atom is 0.0762 e. The molecule has 0 unspecified atom stereocenters. The standard InChI is InChI=1S/C16H19N3OS/c1-20-9-7-17-10-14-6-8-19(18-14)11-13-12-21-16-5-3-2-4-15(13)16/h2-6,8,12,17H,7,9-11H2,1H3. The first-order chi connectivity index (χ1) is 10.4. The van der Waals surface area contributed by atoms with Crippen LogP contribution in [0.1, 0.15) is 11.3 Å². The molecule has 21 heavy (non-hydrogen) atoms. The molecule has 0 bridgehead atoms. The lowest BCUT2D eigenvalue weighted by Gasteiger charge is -2.02. The Kier molecular flexibility index (Phi) is 4.65. The van der Waals surface area contributed by atoms with Crippen LogP contribution in [0, 0.1) is 0 Å². The summed E-state index contributed by atoms with van der Waals surface area (Å²) in [6.45, 7) is 3.17.